The molecule has 1 aromatic carbocycles. The van der Waals surface area contributed by atoms with E-state index in [-0.39, 0.29) is 18.3 Å². The van der Waals surface area contributed by atoms with Crippen molar-refractivity contribution in [2.45, 2.75) is 13.0 Å². The highest BCUT2D eigenvalue weighted by molar-refractivity contribution is 6.41. The molecule has 0 N–H and O–H groups in total. The smallest absolute Gasteiger partial charge is 0.379 e. The summed E-state index contributed by atoms with van der Waals surface area (Å²) >= 11 is 0. The third-order valence-corrected chi connectivity index (χ3v) is 2.49. The van der Waals surface area contributed by atoms with Crippen molar-refractivity contribution in [2.75, 3.05) is 19.8 Å². The summed E-state index contributed by atoms with van der Waals surface area (Å²) in [5.41, 5.74) is 0.225. The molecule has 0 saturated carbocycles. The molecule has 0 aromatic heterocycles. The van der Waals surface area contributed by atoms with Crippen LogP contribution in [-0.4, -0.2) is 37.7 Å². The number of benzene rings is 1. The molecule has 5 heteroatoms. The Kier molecular flexibility index (Phi) is 3.94. The minimum Gasteiger partial charge on any atom is -0.485 e. The Morgan fingerprint density at radius 1 is 1.33 bits per heavy atom. The number of hydrogen-bond acceptors (Lipinski definition) is 5. The molecule has 1 aliphatic rings. The fourth-order valence-electron chi connectivity index (χ4n) is 1.53. The number of rotatable bonds is 5. The number of ketones is 1. The molecule has 1 fully saturated rings. The van der Waals surface area contributed by atoms with Gasteiger partial charge in [0.25, 0.3) is 5.78 Å². The van der Waals surface area contributed by atoms with E-state index in [2.05, 4.69) is 4.74 Å². The highest BCUT2D eigenvalue weighted by Gasteiger charge is 2.25. The molecule has 18 heavy (non-hydrogen) atoms. The molecule has 0 unspecified atom stereocenters. The summed E-state index contributed by atoms with van der Waals surface area (Å²) in [6.07, 6.45) is -0.0545. The van der Waals surface area contributed by atoms with E-state index in [0.717, 1.165) is 0 Å². The molecule has 0 aliphatic carbocycles. The van der Waals surface area contributed by atoms with Gasteiger partial charge in [-0.1, -0.05) is 12.1 Å². The zero-order chi connectivity index (χ0) is 13.0. The van der Waals surface area contributed by atoms with Crippen LogP contribution in [0.5, 0.6) is 5.75 Å². The van der Waals surface area contributed by atoms with E-state index in [1.54, 1.807) is 31.2 Å². The van der Waals surface area contributed by atoms with Gasteiger partial charge in [0, 0.05) is 0 Å². The molecule has 0 spiro atoms. The number of carbonyl (C=O) groups is 2. The summed E-state index contributed by atoms with van der Waals surface area (Å²) in [4.78, 5) is 23.3. The second-order valence-electron chi connectivity index (χ2n) is 3.82. The first-order valence-corrected chi connectivity index (χ1v) is 5.77. The zero-order valence-electron chi connectivity index (χ0n) is 10.0. The first-order valence-electron chi connectivity index (χ1n) is 5.77. The van der Waals surface area contributed by atoms with Crippen LogP contribution in [-0.2, 0) is 14.3 Å². The lowest BCUT2D eigenvalue weighted by Gasteiger charge is -2.27. The van der Waals surface area contributed by atoms with Crippen molar-refractivity contribution in [1.82, 2.24) is 0 Å². The second kappa shape index (κ2) is 5.64. The second-order valence-corrected chi connectivity index (χ2v) is 3.82. The van der Waals surface area contributed by atoms with Gasteiger partial charge in [0.1, 0.15) is 11.9 Å². The minimum atomic E-state index is -0.863. The summed E-state index contributed by atoms with van der Waals surface area (Å²) < 4.78 is 15.3. The van der Waals surface area contributed by atoms with Crippen molar-refractivity contribution < 1.29 is 23.8 Å². The van der Waals surface area contributed by atoms with Crippen molar-refractivity contribution in [3.05, 3.63) is 29.8 Å². The molecule has 2 rings (SSSR count). The van der Waals surface area contributed by atoms with Crippen LogP contribution in [0, 0.1) is 0 Å². The maximum absolute atomic E-state index is 11.9. The molecule has 0 atom stereocenters. The van der Waals surface area contributed by atoms with Gasteiger partial charge >= 0.3 is 5.97 Å². The van der Waals surface area contributed by atoms with Gasteiger partial charge in [0.15, 0.2) is 0 Å². The Balaban J connectivity index is 2.15. The largest absolute Gasteiger partial charge is 0.485 e. The van der Waals surface area contributed by atoms with E-state index < -0.39 is 11.8 Å². The standard InChI is InChI=1S/C13H14O5/c1-2-17-13(15)12(14)10-5-3-4-6-11(10)18-9-7-16-8-9/h3-6,9H,2,7-8H2,1H3. The highest BCUT2D eigenvalue weighted by atomic mass is 16.6. The van der Waals surface area contributed by atoms with E-state index >= 15 is 0 Å². The molecule has 1 heterocycles. The van der Waals surface area contributed by atoms with Gasteiger partial charge in [0.2, 0.25) is 0 Å². The first kappa shape index (κ1) is 12.6. The molecular weight excluding hydrogens is 236 g/mol. The number of Topliss-reactive ketones (excluding diaryl/α,β-unsaturated/α-hetero) is 1. The predicted octanol–water partition coefficient (Wildman–Crippen LogP) is 1.21. The molecule has 0 amide bonds. The normalized spacial score (nSPS) is 14.7. The zero-order valence-corrected chi connectivity index (χ0v) is 10.0. The monoisotopic (exact) mass is 250 g/mol. The van der Waals surface area contributed by atoms with Gasteiger partial charge in [-0.05, 0) is 19.1 Å². The molecule has 0 bridgehead atoms. The highest BCUT2D eigenvalue weighted by Crippen LogP contribution is 2.22. The Bertz CT molecular complexity index is 450. The van der Waals surface area contributed by atoms with Crippen molar-refractivity contribution in [3.8, 4) is 5.75 Å². The summed E-state index contributed by atoms with van der Waals surface area (Å²) in [5, 5.41) is 0. The Morgan fingerprint density at radius 2 is 2.06 bits per heavy atom. The number of hydrogen-bond donors (Lipinski definition) is 0. The van der Waals surface area contributed by atoms with Gasteiger partial charge in [-0.3, -0.25) is 4.79 Å². The quantitative estimate of drug-likeness (QED) is 0.446. The Labute approximate surface area is 105 Å². The van der Waals surface area contributed by atoms with Gasteiger partial charge in [-0.2, -0.15) is 0 Å². The average Bonchev–Trinajstić information content (AvgIpc) is 2.34. The third kappa shape index (κ3) is 2.68. The number of ether oxygens (including phenoxy) is 3. The van der Waals surface area contributed by atoms with Gasteiger partial charge in [-0.25, -0.2) is 4.79 Å². The number of para-hydroxylation sites is 1. The fraction of sp³-hybridized carbons (Fsp3) is 0.385. The van der Waals surface area contributed by atoms with Gasteiger partial charge in [-0.15, -0.1) is 0 Å². The minimum absolute atomic E-state index is 0.0545. The SMILES string of the molecule is CCOC(=O)C(=O)c1ccccc1OC1COC1. The van der Waals surface area contributed by atoms with Crippen LogP contribution in [0.2, 0.25) is 0 Å². The topological polar surface area (TPSA) is 61.8 Å². The van der Waals surface area contributed by atoms with Crippen LogP contribution in [0.4, 0.5) is 0 Å². The lowest BCUT2D eigenvalue weighted by Crippen LogP contribution is -2.39. The van der Waals surface area contributed by atoms with Crippen LogP contribution in [0.25, 0.3) is 0 Å². The lowest BCUT2D eigenvalue weighted by atomic mass is 10.1. The first-order chi connectivity index (χ1) is 8.72. The number of carbonyl (C=O) groups excluding carboxylic acids is 2. The fourth-order valence-corrected chi connectivity index (χ4v) is 1.53. The molecule has 1 aromatic rings. The maximum Gasteiger partial charge on any atom is 0.379 e. The van der Waals surface area contributed by atoms with E-state index in [9.17, 15) is 9.59 Å². The molecular formula is C13H14O5. The Morgan fingerprint density at radius 3 is 2.67 bits per heavy atom. The van der Waals surface area contributed by atoms with E-state index in [1.165, 1.54) is 0 Å². The van der Waals surface area contributed by atoms with Gasteiger partial charge in [0.05, 0.1) is 25.4 Å². The van der Waals surface area contributed by atoms with Gasteiger partial charge < -0.3 is 14.2 Å². The Hall–Kier alpha value is -1.88. The third-order valence-electron chi connectivity index (χ3n) is 2.49. The molecule has 96 valence electrons. The van der Waals surface area contributed by atoms with Crippen LogP contribution in [0.15, 0.2) is 24.3 Å². The van der Waals surface area contributed by atoms with Crippen molar-refractivity contribution in [2.24, 2.45) is 0 Å². The van der Waals surface area contributed by atoms with Crippen LogP contribution in [0.3, 0.4) is 0 Å². The summed E-state index contributed by atoms with van der Waals surface area (Å²) in [6.45, 7) is 2.83. The van der Waals surface area contributed by atoms with E-state index in [0.29, 0.717) is 19.0 Å². The average molecular weight is 250 g/mol. The van der Waals surface area contributed by atoms with Crippen molar-refractivity contribution in [1.29, 1.82) is 0 Å². The van der Waals surface area contributed by atoms with Crippen LogP contribution in [0.1, 0.15) is 17.3 Å². The van der Waals surface area contributed by atoms with E-state index in [1.807, 2.05) is 0 Å². The summed E-state index contributed by atoms with van der Waals surface area (Å²) in [7, 11) is 0. The van der Waals surface area contributed by atoms with E-state index in [4.69, 9.17) is 9.47 Å². The molecule has 1 saturated heterocycles. The lowest BCUT2D eigenvalue weighted by molar-refractivity contribution is -0.137. The van der Waals surface area contributed by atoms with Crippen molar-refractivity contribution >= 4 is 11.8 Å². The van der Waals surface area contributed by atoms with Crippen molar-refractivity contribution in [3.63, 3.8) is 0 Å². The number of esters is 1. The predicted molar refractivity (Wildman–Crippen MR) is 62.6 cm³/mol. The summed E-state index contributed by atoms with van der Waals surface area (Å²) in [5.74, 6) is -1.16. The molecule has 0 radical (unpaired) electrons. The van der Waals surface area contributed by atoms with Crippen LogP contribution < -0.4 is 4.74 Å². The molecule has 1 aliphatic heterocycles. The maximum atomic E-state index is 11.9. The van der Waals surface area contributed by atoms with Crippen LogP contribution >= 0.6 is 0 Å². The molecule has 5 nitrogen and oxygen atoms in total. The summed E-state index contributed by atoms with van der Waals surface area (Å²) in [6, 6.07) is 6.63.